The number of rotatable bonds is 13. The van der Waals surface area contributed by atoms with E-state index in [4.69, 9.17) is 0 Å². The fourth-order valence-electron chi connectivity index (χ4n) is 9.93. The van der Waals surface area contributed by atoms with Gasteiger partial charge in [-0.25, -0.2) is 50.5 Å². The molecule has 0 aliphatic carbocycles. The van der Waals surface area contributed by atoms with E-state index in [9.17, 15) is 4.79 Å². The molecule has 0 saturated carbocycles. The maximum Gasteiger partial charge on any atom is 0.253 e. The molecular formula is C63H75N7O13S6. The van der Waals surface area contributed by atoms with Crippen molar-refractivity contribution in [3.8, 4) is 0 Å². The quantitative estimate of drug-likeness (QED) is 0.112. The molecule has 1 fully saturated rings. The van der Waals surface area contributed by atoms with E-state index < -0.39 is 145 Å². The van der Waals surface area contributed by atoms with Crippen molar-refractivity contribution < 1.29 is 55.3 Å². The average Bonchev–Trinajstić information content (AvgIpc) is 1.36. The van der Waals surface area contributed by atoms with Gasteiger partial charge in [0.05, 0.1) is 29.4 Å². The van der Waals surface area contributed by atoms with Crippen molar-refractivity contribution in [2.24, 2.45) is 0 Å². The van der Waals surface area contributed by atoms with Crippen LogP contribution in [-0.4, -0.2) is 179 Å². The molecule has 476 valence electrons. The van der Waals surface area contributed by atoms with Gasteiger partial charge in [0.25, 0.3) is 5.91 Å². The molecule has 1 saturated heterocycles. The highest BCUT2D eigenvalue weighted by Crippen LogP contribution is 2.26. The lowest BCUT2D eigenvalue weighted by atomic mass is 10.2. The summed E-state index contributed by atoms with van der Waals surface area (Å²) < 4.78 is 187. The molecular weight excluding hydrogens is 1260 g/mol. The molecule has 8 rings (SSSR count). The second kappa shape index (κ2) is 28.7. The van der Waals surface area contributed by atoms with E-state index in [2.05, 4.69) is 0 Å². The number of carbonyl (C=O) groups is 1. The zero-order valence-corrected chi connectivity index (χ0v) is 55.4. The Balaban J connectivity index is 1.33. The summed E-state index contributed by atoms with van der Waals surface area (Å²) in [5.41, 5.74) is 4.53. The van der Waals surface area contributed by atoms with Gasteiger partial charge in [0.1, 0.15) is 0 Å². The third-order valence-corrected chi connectivity index (χ3v) is 27.0. The van der Waals surface area contributed by atoms with E-state index in [1.807, 2.05) is 0 Å². The molecule has 0 atom stereocenters. The number of amides is 1. The molecule has 7 aromatic rings. The number of sulfonamides is 6. The number of hydrogen-bond donors (Lipinski definition) is 0. The number of benzene rings is 7. The lowest BCUT2D eigenvalue weighted by molar-refractivity contribution is 0.0739. The Morgan fingerprint density at radius 2 is 0.393 bits per heavy atom. The smallest absolute Gasteiger partial charge is 0.253 e. The van der Waals surface area contributed by atoms with Gasteiger partial charge in [-0.05, 0) is 126 Å². The first kappa shape index (κ1) is 68.4. The fourth-order valence-corrected chi connectivity index (χ4v) is 18.5. The molecule has 0 bridgehead atoms. The molecule has 1 amide bonds. The molecule has 89 heavy (non-hydrogen) atoms. The summed E-state index contributed by atoms with van der Waals surface area (Å²) in [5, 5.41) is 0. The van der Waals surface area contributed by atoms with Gasteiger partial charge in [0.15, 0.2) is 0 Å². The molecule has 0 N–H and O–H groups in total. The largest absolute Gasteiger partial charge is 0.336 e. The minimum absolute atomic E-state index is 0.163. The standard InChI is InChI=1S/C63H75N7O13S6/c1-50-12-24-57(25-13-50)84(72,73)65-38-36-64(63(71)56-10-8-7-9-11-56)37-39-66(85(74,75)58-26-14-51(2)15-27-58)41-43-68(87(78,79)60-30-18-53(4)19-31-60)45-47-70(89(82,83)62-34-22-55(6)23-35-62)49-48-69(88(80,81)61-32-20-54(5)21-33-61)46-44-67(42-40-65)86(76,77)59-28-16-52(3)17-29-59/h7-35H,36-49H2,1-6H3. The SMILES string of the molecule is Cc1ccc(S(=O)(=O)N2CCN(C(=O)c3ccccc3)CCN(S(=O)(=O)c3ccc(C)cc3)CCN(S(=O)(=O)c3ccc(C)cc3)CCN(S(=O)(=O)c3ccc(C)cc3)CCN(S(=O)(=O)c3ccc(C)cc3)CCN(S(=O)(=O)c3ccc(C)cc3)CC2)cc1. The predicted molar refractivity (Wildman–Crippen MR) is 342 cm³/mol. The first-order chi connectivity index (χ1) is 42.0. The third-order valence-electron chi connectivity index (χ3n) is 15.5. The van der Waals surface area contributed by atoms with Crippen molar-refractivity contribution in [1.29, 1.82) is 0 Å². The summed E-state index contributed by atoms with van der Waals surface area (Å²) in [5.74, 6) is -0.624. The van der Waals surface area contributed by atoms with Gasteiger partial charge in [0.2, 0.25) is 60.1 Å². The molecule has 1 heterocycles. The number of hydrogen-bond acceptors (Lipinski definition) is 13. The van der Waals surface area contributed by atoms with Crippen LogP contribution in [0.15, 0.2) is 205 Å². The van der Waals surface area contributed by atoms with E-state index in [0.717, 1.165) is 59.2 Å². The molecule has 0 radical (unpaired) electrons. The summed E-state index contributed by atoms with van der Waals surface area (Å²) in [6.07, 6.45) is 0. The van der Waals surface area contributed by atoms with Crippen molar-refractivity contribution in [3.05, 3.63) is 215 Å². The molecule has 20 nitrogen and oxygen atoms in total. The maximum atomic E-state index is 15.1. The Morgan fingerprint density at radius 3 is 0.562 bits per heavy atom. The monoisotopic (exact) mass is 1330 g/mol. The van der Waals surface area contributed by atoms with Crippen molar-refractivity contribution in [3.63, 3.8) is 0 Å². The van der Waals surface area contributed by atoms with Gasteiger partial charge < -0.3 is 4.90 Å². The number of carbonyl (C=O) groups excluding carboxylic acids is 1. The van der Waals surface area contributed by atoms with E-state index in [0.29, 0.717) is 0 Å². The highest BCUT2D eigenvalue weighted by molar-refractivity contribution is 7.90. The van der Waals surface area contributed by atoms with Crippen LogP contribution in [0.4, 0.5) is 0 Å². The van der Waals surface area contributed by atoms with Crippen molar-refractivity contribution in [2.75, 3.05) is 91.6 Å². The van der Waals surface area contributed by atoms with Crippen LogP contribution in [0, 0.1) is 41.5 Å². The highest BCUT2D eigenvalue weighted by Gasteiger charge is 2.37. The van der Waals surface area contributed by atoms with Crippen LogP contribution in [0.1, 0.15) is 43.7 Å². The number of nitrogens with zero attached hydrogens (tertiary/aromatic N) is 7. The minimum Gasteiger partial charge on any atom is -0.336 e. The molecule has 1 aliphatic heterocycles. The average molecular weight is 1330 g/mol. The van der Waals surface area contributed by atoms with Crippen LogP contribution in [0.25, 0.3) is 0 Å². The van der Waals surface area contributed by atoms with Crippen molar-refractivity contribution >= 4 is 66.0 Å². The lowest BCUT2D eigenvalue weighted by Crippen LogP contribution is -2.48. The Bertz CT molecular complexity index is 4030. The molecule has 26 heteroatoms. The van der Waals surface area contributed by atoms with E-state index in [1.165, 1.54) is 89.8 Å². The summed E-state index contributed by atoms with van der Waals surface area (Å²) in [7, 11) is -27.7. The normalized spacial score (nSPS) is 17.0. The molecule has 0 unspecified atom stereocenters. The van der Waals surface area contributed by atoms with E-state index in [-0.39, 0.29) is 48.0 Å². The first-order valence-electron chi connectivity index (χ1n) is 28.8. The summed E-state index contributed by atoms with van der Waals surface area (Å²) in [4.78, 5) is 15.0. The molecule has 0 spiro atoms. The van der Waals surface area contributed by atoms with Gasteiger partial charge >= 0.3 is 0 Å². The third kappa shape index (κ3) is 16.5. The van der Waals surface area contributed by atoms with Crippen LogP contribution >= 0.6 is 0 Å². The van der Waals surface area contributed by atoms with Gasteiger partial charge in [-0.2, -0.15) is 25.8 Å². The highest BCUT2D eigenvalue weighted by atomic mass is 32.2. The van der Waals surface area contributed by atoms with Gasteiger partial charge in [0, 0.05) is 97.2 Å². The zero-order chi connectivity index (χ0) is 64.5. The van der Waals surface area contributed by atoms with E-state index >= 15 is 50.5 Å². The van der Waals surface area contributed by atoms with Crippen molar-refractivity contribution in [1.82, 2.24) is 30.7 Å². The topological polar surface area (TPSA) is 245 Å². The maximum absolute atomic E-state index is 15.1. The van der Waals surface area contributed by atoms with Crippen LogP contribution in [0.3, 0.4) is 0 Å². The van der Waals surface area contributed by atoms with Gasteiger partial charge in [-0.15, -0.1) is 0 Å². The summed E-state index contributed by atoms with van der Waals surface area (Å²) in [6.45, 7) is 2.94. The molecule has 7 aromatic carbocycles. The van der Waals surface area contributed by atoms with Crippen LogP contribution in [-0.2, 0) is 60.1 Å². The molecule has 0 aromatic heterocycles. The second-order valence-corrected chi connectivity index (χ2v) is 33.6. The summed E-state index contributed by atoms with van der Waals surface area (Å²) in [6, 6.07) is 43.5. The van der Waals surface area contributed by atoms with Gasteiger partial charge in [-0.1, -0.05) is 124 Å². The Hall–Kier alpha value is -6.53. The Kier molecular flexibility index (Phi) is 22.1. The minimum atomic E-state index is -4.65. The predicted octanol–water partition coefficient (Wildman–Crippen LogP) is 7.14. The van der Waals surface area contributed by atoms with Crippen LogP contribution in [0.2, 0.25) is 0 Å². The zero-order valence-electron chi connectivity index (χ0n) is 50.5. The van der Waals surface area contributed by atoms with E-state index in [1.54, 1.807) is 133 Å². The molecule has 1 aliphatic rings. The fraction of sp³-hybridized carbons (Fsp3) is 0.317. The van der Waals surface area contributed by atoms with Crippen LogP contribution < -0.4 is 0 Å². The van der Waals surface area contributed by atoms with Gasteiger partial charge in [-0.3, -0.25) is 4.79 Å². The Labute approximate surface area is 525 Å². The van der Waals surface area contributed by atoms with Crippen LogP contribution in [0.5, 0.6) is 0 Å². The van der Waals surface area contributed by atoms with Crippen molar-refractivity contribution in [2.45, 2.75) is 70.9 Å². The lowest BCUT2D eigenvalue weighted by Gasteiger charge is -2.32. The first-order valence-corrected chi connectivity index (χ1v) is 37.4. The number of aryl methyl sites for hydroxylation is 6. The summed E-state index contributed by atoms with van der Waals surface area (Å²) >= 11 is 0. The second-order valence-electron chi connectivity index (χ2n) is 22.0. The Morgan fingerprint density at radius 1 is 0.236 bits per heavy atom.